The van der Waals surface area contributed by atoms with Crippen LogP contribution in [-0.2, 0) is 13.1 Å². The number of fused-ring (bicyclic) bond motifs is 1. The van der Waals surface area contributed by atoms with Crippen molar-refractivity contribution < 1.29 is 13.2 Å². The van der Waals surface area contributed by atoms with Gasteiger partial charge in [-0.25, -0.2) is 13.2 Å². The number of halogens is 3. The maximum Gasteiger partial charge on any atom is 0.280 e. The summed E-state index contributed by atoms with van der Waals surface area (Å²) < 4.78 is 46.8. The summed E-state index contributed by atoms with van der Waals surface area (Å²) in [6.45, 7) is 4.32. The van der Waals surface area contributed by atoms with Gasteiger partial charge >= 0.3 is 0 Å². The lowest BCUT2D eigenvalue weighted by Crippen LogP contribution is -2.55. The van der Waals surface area contributed by atoms with Gasteiger partial charge in [0.15, 0.2) is 5.43 Å². The Morgan fingerprint density at radius 1 is 1.02 bits per heavy atom. The molecule has 0 radical (unpaired) electrons. The molecule has 46 heavy (non-hydrogen) atoms. The summed E-state index contributed by atoms with van der Waals surface area (Å²) in [4.78, 5) is 28.9. The molecule has 1 aromatic carbocycles. The van der Waals surface area contributed by atoms with Crippen LogP contribution in [0.3, 0.4) is 0 Å². The first-order chi connectivity index (χ1) is 22.2. The van der Waals surface area contributed by atoms with Gasteiger partial charge in [0.25, 0.3) is 5.92 Å². The highest BCUT2D eigenvalue weighted by Crippen LogP contribution is 2.39. The third-order valence-electron chi connectivity index (χ3n) is 9.79. The van der Waals surface area contributed by atoms with Crippen molar-refractivity contribution in [2.24, 2.45) is 5.73 Å². The lowest BCUT2D eigenvalue weighted by atomic mass is 10.00. The third kappa shape index (κ3) is 6.22. The Labute approximate surface area is 266 Å². The maximum absolute atomic E-state index is 15.7. The molecule has 0 spiro atoms. The maximum atomic E-state index is 15.7. The Morgan fingerprint density at radius 2 is 1.83 bits per heavy atom. The van der Waals surface area contributed by atoms with Gasteiger partial charge in [-0.05, 0) is 81.0 Å². The fourth-order valence-corrected chi connectivity index (χ4v) is 6.98. The largest absolute Gasteiger partial charge is 0.369 e. The predicted molar refractivity (Wildman–Crippen MR) is 174 cm³/mol. The molecule has 0 unspecified atom stereocenters. The Hall–Kier alpha value is -3.96. The van der Waals surface area contributed by atoms with E-state index in [1.54, 1.807) is 18.5 Å². The van der Waals surface area contributed by atoms with Crippen LogP contribution in [0.15, 0.2) is 66.0 Å². The van der Waals surface area contributed by atoms with Gasteiger partial charge in [0.05, 0.1) is 35.7 Å². The molecule has 8 nitrogen and oxygen atoms in total. The number of alkyl halides is 2. The molecule has 1 saturated carbocycles. The Kier molecular flexibility index (Phi) is 8.23. The summed E-state index contributed by atoms with van der Waals surface area (Å²) in [5.41, 5.74) is 9.86. The van der Waals surface area contributed by atoms with E-state index in [1.165, 1.54) is 11.0 Å². The minimum atomic E-state index is -3.12. The molecule has 2 atom stereocenters. The van der Waals surface area contributed by atoms with E-state index in [9.17, 15) is 13.6 Å². The molecule has 0 amide bonds. The smallest absolute Gasteiger partial charge is 0.280 e. The molecule has 11 heteroatoms. The van der Waals surface area contributed by atoms with Crippen molar-refractivity contribution >= 4 is 22.3 Å². The van der Waals surface area contributed by atoms with Crippen LogP contribution < -0.4 is 21.0 Å². The van der Waals surface area contributed by atoms with Gasteiger partial charge in [-0.1, -0.05) is 0 Å². The van der Waals surface area contributed by atoms with Gasteiger partial charge in [0.1, 0.15) is 5.82 Å². The zero-order chi connectivity index (χ0) is 32.0. The SMILES string of the molecule is Cc1ccc(N2CCC[C@H](N(Cc3ccncc3)Cc3cn(C4CC4)c4cc(N5CC[C@H](N)C(F)(F)C5)c(F)cc4c3=O)C2)cn1. The monoisotopic (exact) mass is 631 g/mol. The average Bonchev–Trinajstić information content (AvgIpc) is 3.90. The van der Waals surface area contributed by atoms with Crippen LogP contribution in [0.25, 0.3) is 10.9 Å². The first-order valence-electron chi connectivity index (χ1n) is 16.2. The van der Waals surface area contributed by atoms with Gasteiger partial charge in [-0.3, -0.25) is 19.7 Å². The molecule has 2 N–H and O–H groups in total. The third-order valence-corrected chi connectivity index (χ3v) is 9.79. The summed E-state index contributed by atoms with van der Waals surface area (Å²) >= 11 is 0. The zero-order valence-electron chi connectivity index (χ0n) is 26.1. The summed E-state index contributed by atoms with van der Waals surface area (Å²) in [6, 6.07) is 10.1. The fraction of sp³-hybridized carbons (Fsp3) is 0.457. The molecule has 7 rings (SSSR count). The topological polar surface area (TPSA) is 83.5 Å². The van der Waals surface area contributed by atoms with Crippen LogP contribution in [-0.4, -0.2) is 63.6 Å². The van der Waals surface area contributed by atoms with Crippen molar-refractivity contribution in [3.63, 3.8) is 0 Å². The van der Waals surface area contributed by atoms with Crippen LogP contribution in [0.5, 0.6) is 0 Å². The number of hydrogen-bond donors (Lipinski definition) is 1. The van der Waals surface area contributed by atoms with Crippen molar-refractivity contribution in [1.29, 1.82) is 0 Å². The second-order valence-electron chi connectivity index (χ2n) is 13.2. The van der Waals surface area contributed by atoms with Crippen LogP contribution in [0, 0.1) is 12.7 Å². The number of pyridine rings is 3. The summed E-state index contributed by atoms with van der Waals surface area (Å²) in [5, 5.41) is 0.283. The zero-order valence-corrected chi connectivity index (χ0v) is 26.1. The molecule has 3 fully saturated rings. The van der Waals surface area contributed by atoms with Crippen molar-refractivity contribution in [2.45, 2.75) is 76.2 Å². The fourth-order valence-electron chi connectivity index (χ4n) is 6.98. The van der Waals surface area contributed by atoms with E-state index < -0.39 is 24.3 Å². The van der Waals surface area contributed by atoms with Gasteiger partial charge in [-0.15, -0.1) is 0 Å². The highest BCUT2D eigenvalue weighted by Gasteiger charge is 2.43. The van der Waals surface area contributed by atoms with E-state index >= 15 is 4.39 Å². The number of aromatic nitrogens is 3. The van der Waals surface area contributed by atoms with Crippen molar-refractivity contribution in [1.82, 2.24) is 19.4 Å². The minimum absolute atomic E-state index is 0.0607. The quantitative estimate of drug-likeness (QED) is 0.278. The number of benzene rings is 1. The summed E-state index contributed by atoms with van der Waals surface area (Å²) in [5.74, 6) is -3.79. The molecule has 1 aliphatic carbocycles. The second-order valence-corrected chi connectivity index (χ2v) is 13.2. The van der Waals surface area contributed by atoms with Gasteiger partial charge in [-0.2, -0.15) is 0 Å². The molecule has 3 aromatic heterocycles. The lowest BCUT2D eigenvalue weighted by molar-refractivity contribution is -0.0301. The number of nitrogens with zero attached hydrogens (tertiary/aromatic N) is 6. The van der Waals surface area contributed by atoms with Crippen LogP contribution in [0.2, 0.25) is 0 Å². The Morgan fingerprint density at radius 3 is 2.54 bits per heavy atom. The number of piperidine rings is 2. The van der Waals surface area contributed by atoms with Gasteiger partial charge in [0, 0.05) is 80.0 Å². The molecular formula is C35H40F3N7O. The van der Waals surface area contributed by atoms with E-state index in [0.29, 0.717) is 24.2 Å². The van der Waals surface area contributed by atoms with E-state index in [4.69, 9.17) is 5.73 Å². The molecule has 2 aliphatic heterocycles. The predicted octanol–water partition coefficient (Wildman–Crippen LogP) is 5.42. The number of aryl methyl sites for hydroxylation is 1. The normalized spacial score (nSPS) is 21.7. The molecule has 242 valence electrons. The molecule has 0 bridgehead atoms. The van der Waals surface area contributed by atoms with Crippen molar-refractivity contribution in [2.75, 3.05) is 36.0 Å². The summed E-state index contributed by atoms with van der Waals surface area (Å²) in [7, 11) is 0. The van der Waals surface area contributed by atoms with Crippen LogP contribution in [0.1, 0.15) is 55.0 Å². The lowest BCUT2D eigenvalue weighted by Gasteiger charge is -2.40. The number of hydrogen-bond acceptors (Lipinski definition) is 7. The van der Waals surface area contributed by atoms with Crippen LogP contribution >= 0.6 is 0 Å². The molecule has 3 aliphatic rings. The molecule has 5 heterocycles. The standard InChI is InChI=1S/C35H40F3N7O/c1-23-4-5-27(17-41-23)42-13-2-3-28(21-42)44(18-24-8-11-40-12-9-24)19-25-20-45(26-6-7-26)31-16-32(30(36)15-29(31)34(25)46)43-14-10-33(39)35(37,38)22-43/h4-5,8-9,11-12,15-17,20,26,28,33H,2-3,6-7,10,13-14,18-19,21-22,39H2,1H3/t28-,33-/m0/s1. The van der Waals surface area contributed by atoms with E-state index in [-0.39, 0.29) is 41.6 Å². The highest BCUT2D eigenvalue weighted by atomic mass is 19.3. The highest BCUT2D eigenvalue weighted by molar-refractivity contribution is 5.84. The second kappa shape index (κ2) is 12.3. The molecular weight excluding hydrogens is 591 g/mol. The van der Waals surface area contributed by atoms with Crippen LogP contribution in [0.4, 0.5) is 24.5 Å². The van der Waals surface area contributed by atoms with Gasteiger partial charge in [0.2, 0.25) is 0 Å². The van der Waals surface area contributed by atoms with E-state index in [1.807, 2.05) is 37.5 Å². The van der Waals surface area contributed by atoms with Crippen molar-refractivity contribution in [3.05, 3.63) is 94.0 Å². The summed E-state index contributed by atoms with van der Waals surface area (Å²) in [6.07, 6.45) is 11.3. The first kappa shape index (κ1) is 30.7. The molecule has 2 saturated heterocycles. The van der Waals surface area contributed by atoms with Crippen molar-refractivity contribution in [3.8, 4) is 0 Å². The number of nitrogens with two attached hydrogens (primary N) is 1. The number of anilines is 2. The van der Waals surface area contributed by atoms with E-state index in [2.05, 4.69) is 30.4 Å². The van der Waals surface area contributed by atoms with E-state index in [0.717, 1.165) is 55.7 Å². The minimum Gasteiger partial charge on any atom is -0.369 e. The number of rotatable bonds is 8. The molecule has 4 aromatic rings. The Balaban J connectivity index is 1.24. The average molecular weight is 632 g/mol. The van der Waals surface area contributed by atoms with Gasteiger partial charge < -0.3 is 20.1 Å². The Bertz CT molecular complexity index is 1760. The first-order valence-corrected chi connectivity index (χ1v) is 16.2.